The minimum absolute atomic E-state index is 0.0167. The van der Waals surface area contributed by atoms with Crippen LogP contribution >= 0.6 is 11.6 Å². The minimum atomic E-state index is -2.29. The summed E-state index contributed by atoms with van der Waals surface area (Å²) in [5.74, 6) is -12.3. The molecule has 7 aliphatic heterocycles. The lowest BCUT2D eigenvalue weighted by molar-refractivity contribution is -0.333. The summed E-state index contributed by atoms with van der Waals surface area (Å²) >= 11 is 7.23. The maximum absolute atomic E-state index is 16.3. The van der Waals surface area contributed by atoms with E-state index in [-0.39, 0.29) is 92.1 Å². The van der Waals surface area contributed by atoms with Crippen LogP contribution in [0, 0.1) is 36.5 Å². The number of aryl methyl sites for hydroxylation is 1. The van der Waals surface area contributed by atoms with Crippen molar-refractivity contribution in [3.8, 4) is 57.1 Å². The Morgan fingerprint density at radius 2 is 1.32 bits per heavy atom. The van der Waals surface area contributed by atoms with E-state index in [0.717, 1.165) is 74.6 Å². The topological polar surface area (TPSA) is 522 Å². The zero-order valence-corrected chi connectivity index (χ0v) is 62.2. The summed E-state index contributed by atoms with van der Waals surface area (Å²) in [6, 6.07) is 1.41. The lowest BCUT2D eigenvalue weighted by atomic mass is 9.54. The van der Waals surface area contributed by atoms with Crippen molar-refractivity contribution in [2.24, 2.45) is 41.1 Å². The second-order valence-corrected chi connectivity index (χ2v) is 31.6. The maximum Gasteiger partial charge on any atom is 0.248 e. The monoisotopic (exact) mass is 1560 g/mol. The molecule has 0 spiro atoms. The molecule has 34 heteroatoms. The molecule has 33 nitrogen and oxygen atoms in total. The molecule has 6 fully saturated rings. The van der Waals surface area contributed by atoms with E-state index in [2.05, 4.69) is 42.5 Å². The van der Waals surface area contributed by atoms with Gasteiger partial charge in [0.15, 0.2) is 23.9 Å². The number of phenolic OH excluding ortho intramolecular Hbond substituents is 3. The molecule has 15 bridgehead atoms. The fourth-order valence-electron chi connectivity index (χ4n) is 17.1. The van der Waals surface area contributed by atoms with Gasteiger partial charge in [-0.15, -0.1) is 0 Å². The molecule has 16 rings (SSSR count). The number of ether oxygens (including phenoxy) is 6. The Labute approximate surface area is 641 Å². The highest BCUT2D eigenvalue weighted by Crippen LogP contribution is 2.55. The number of carbonyl (C=O) groups is 8. The number of amides is 8. The van der Waals surface area contributed by atoms with Crippen LogP contribution in [0.3, 0.4) is 0 Å². The highest BCUT2D eigenvalue weighted by Gasteiger charge is 2.53. The van der Waals surface area contributed by atoms with E-state index in [0.29, 0.717) is 11.8 Å². The van der Waals surface area contributed by atoms with Gasteiger partial charge in [-0.2, -0.15) is 0 Å². The first-order valence-electron chi connectivity index (χ1n) is 37.0. The summed E-state index contributed by atoms with van der Waals surface area (Å²) in [7, 11) is 1.51. The number of hydrogen-bond acceptors (Lipinski definition) is 25. The number of carbonyl (C=O) groups excluding carboxylic acids is 8. The van der Waals surface area contributed by atoms with Crippen LogP contribution in [0.25, 0.3) is 11.1 Å². The van der Waals surface area contributed by atoms with Gasteiger partial charge in [0.05, 0.1) is 36.3 Å². The number of halogens is 1. The third-order valence-corrected chi connectivity index (χ3v) is 22.9. The Morgan fingerprint density at radius 1 is 0.694 bits per heavy atom. The average Bonchev–Trinajstić information content (AvgIpc) is 0.756. The molecule has 0 aromatic heterocycles. The van der Waals surface area contributed by atoms with Gasteiger partial charge in [-0.3, -0.25) is 38.4 Å². The molecule has 2 saturated heterocycles. The summed E-state index contributed by atoms with van der Waals surface area (Å²) in [5, 5.41) is 127. The van der Waals surface area contributed by atoms with Crippen molar-refractivity contribution < 1.29 is 113 Å². The Kier molecular flexibility index (Phi) is 22.9. The smallest absolute Gasteiger partial charge is 0.248 e. The van der Waals surface area contributed by atoms with Gasteiger partial charge in [-0.25, -0.2) is 0 Å². The number of aliphatic hydroxyl groups is 6. The number of primary amides is 1. The number of nitrogens with two attached hydrogens (primary N) is 2. The molecule has 4 aliphatic carbocycles. The van der Waals surface area contributed by atoms with E-state index in [1.54, 1.807) is 0 Å². The zero-order chi connectivity index (χ0) is 79.7. The summed E-state index contributed by atoms with van der Waals surface area (Å²) in [6.07, 6.45) is -13.6. The highest BCUT2D eigenvalue weighted by molar-refractivity contribution is 6.32. The summed E-state index contributed by atoms with van der Waals surface area (Å²) < 4.78 is 39.0. The normalized spacial score (nSPS) is 32.8. The van der Waals surface area contributed by atoms with E-state index in [1.165, 1.54) is 64.2 Å². The number of phenols is 3. The van der Waals surface area contributed by atoms with E-state index in [4.69, 9.17) is 51.5 Å². The van der Waals surface area contributed by atoms with E-state index < -0.39 is 210 Å². The standard InChI is InChI=1S/C77H93ClN10O23/c1-29(2)13-44(81-6)69(99)87-60-62(94)35-8-11-48(30(3)14-35)107-50-22-39-23-51(66(50)111-76-67(65(97)64(96)52(28-89)109-76)110-54-27-77(5,80)68(98)31(4)106-54)108-49-12-9-36(21-43(49)78)63(95)61-75(105)86-59(73(103)83-56-37-16-32-15-33(18-37)19-38(56)17-32)42-24-40(90)25-47(92)55(42)41-20-34(7-10-46(41)91)57(71(101)88-61)85-72(102)58(39)84-70(100)45(26-53(79)93)82-74(60)104/h7-12,14,20-25,29,31-33,37-38,44-45,52,54,56-65,67-68,76,81,89-92,94-98H,13,15-19,26-28,80H2,1-6H3,(H2,79,93)(H,82,104)(H,83,103)(H,84,100)(H,85,102)(H,86,105)(H,87,99)(H,88,101)/t31-,32?,33?,37?,38?,44+,45-,52+,54-,56?,57+,58+,59-,60+,61-,62+,63+,64+,65-,67+,68+,76-,77-/m0/s1. The van der Waals surface area contributed by atoms with Gasteiger partial charge in [-0.05, 0) is 184 Å². The first-order valence-corrected chi connectivity index (χ1v) is 37.4. The fourth-order valence-corrected chi connectivity index (χ4v) is 17.3. The predicted octanol–water partition coefficient (Wildman–Crippen LogP) is 1.62. The number of aromatic hydroxyl groups is 3. The third-order valence-electron chi connectivity index (χ3n) is 22.6. The Bertz CT molecular complexity index is 4440. The minimum Gasteiger partial charge on any atom is -0.508 e. The number of aliphatic hydroxyl groups excluding tert-OH is 6. The van der Waals surface area contributed by atoms with Gasteiger partial charge in [-0.1, -0.05) is 43.6 Å². The maximum atomic E-state index is 16.3. The molecule has 5 aromatic rings. The average molecular weight is 1560 g/mol. The number of fused-ring (bicyclic) bond motifs is 15. The van der Waals surface area contributed by atoms with E-state index >= 15 is 28.8 Å². The second kappa shape index (κ2) is 31.9. The molecule has 596 valence electrons. The van der Waals surface area contributed by atoms with Crippen LogP contribution in [0.1, 0.15) is 143 Å². The molecule has 11 aliphatic rings. The van der Waals surface area contributed by atoms with Crippen molar-refractivity contribution in [1.82, 2.24) is 42.5 Å². The van der Waals surface area contributed by atoms with Crippen molar-refractivity contribution in [1.29, 1.82) is 0 Å². The molecule has 0 radical (unpaired) electrons. The number of benzene rings is 5. The lowest BCUT2D eigenvalue weighted by Crippen LogP contribution is -2.64. The number of likely N-dealkylation sites (N-methyl/N-ethyl adjacent to an activating group) is 1. The Balaban J connectivity index is 1.01. The van der Waals surface area contributed by atoms with E-state index in [9.17, 15) is 55.5 Å². The van der Waals surface area contributed by atoms with Crippen LogP contribution in [0.5, 0.6) is 46.0 Å². The molecule has 8 amide bonds. The molecular weight excluding hydrogens is 1470 g/mol. The molecule has 111 heavy (non-hydrogen) atoms. The molecule has 0 unspecified atom stereocenters. The van der Waals surface area contributed by atoms with Crippen molar-refractivity contribution in [2.45, 2.75) is 201 Å². The van der Waals surface area contributed by atoms with Crippen molar-refractivity contribution >= 4 is 58.9 Å². The van der Waals surface area contributed by atoms with Gasteiger partial charge in [0.25, 0.3) is 0 Å². The predicted molar refractivity (Wildman–Crippen MR) is 390 cm³/mol. The molecule has 5 aromatic carbocycles. The van der Waals surface area contributed by atoms with Gasteiger partial charge in [0.2, 0.25) is 59.3 Å². The largest absolute Gasteiger partial charge is 0.508 e. The quantitative estimate of drug-likeness (QED) is 0.0751. The van der Waals surface area contributed by atoms with Crippen LogP contribution in [-0.2, 0) is 52.6 Å². The number of rotatable bonds is 14. The van der Waals surface area contributed by atoms with Crippen LogP contribution in [0.4, 0.5) is 0 Å². The Morgan fingerprint density at radius 3 is 1.95 bits per heavy atom. The summed E-state index contributed by atoms with van der Waals surface area (Å²) in [6.45, 7) is 7.32. The first kappa shape index (κ1) is 79.6. The number of hydrogen-bond donors (Lipinski definition) is 19. The SMILES string of the molecule is CN[C@H](CC(C)C)C(=O)N[C@H]1C(=O)N[C@@H](CC(N)=O)C(=O)N[C@H]2C(=O)N[C@H]3C(=O)N[C@H](C(=O)N[C@H](C(=O)NC4C5CC6CC(C5)CC4C6)c4cc(O)cc(O)c4-c4cc3ccc4O)[C@H](O)c3ccc(c(Cl)c3)Oc3cc2cc(c3O[C@@H]2O[C@H](CO)[C@@H](O)[C@H](O)[C@H]2O[C@H]2C[C@](C)(N)[C@H](O)[C@H](C)O2)Oc2ccc(cc2C)[C@H]1O. The third kappa shape index (κ3) is 16.3. The molecule has 18 atom stereocenters. The molecule has 21 N–H and O–H groups in total. The van der Waals surface area contributed by atoms with Crippen molar-refractivity contribution in [3.63, 3.8) is 0 Å². The van der Waals surface area contributed by atoms with Crippen LogP contribution in [-0.4, -0.2) is 192 Å². The lowest BCUT2D eigenvalue weighted by Gasteiger charge is -2.54. The molecule has 4 saturated carbocycles. The van der Waals surface area contributed by atoms with Gasteiger partial charge in [0, 0.05) is 35.2 Å². The second-order valence-electron chi connectivity index (χ2n) is 31.2. The van der Waals surface area contributed by atoms with E-state index in [1.807, 2.05) is 13.8 Å². The zero-order valence-electron chi connectivity index (χ0n) is 61.4. The first-order chi connectivity index (χ1) is 52.6. The highest BCUT2D eigenvalue weighted by atomic mass is 35.5. The van der Waals surface area contributed by atoms with Crippen LogP contribution in [0.2, 0.25) is 5.02 Å². The summed E-state index contributed by atoms with van der Waals surface area (Å²) in [5.41, 5.74) is 9.37. The van der Waals surface area contributed by atoms with Crippen molar-refractivity contribution in [3.05, 3.63) is 117 Å². The van der Waals surface area contributed by atoms with Crippen LogP contribution in [0.15, 0.2) is 78.9 Å². The molecular formula is C77H93ClN10O23. The van der Waals surface area contributed by atoms with Gasteiger partial charge in [0.1, 0.15) is 95.5 Å². The van der Waals surface area contributed by atoms with Crippen molar-refractivity contribution in [2.75, 3.05) is 13.7 Å². The van der Waals surface area contributed by atoms with Gasteiger partial charge >= 0.3 is 0 Å². The number of nitrogens with one attached hydrogen (secondary N) is 8. The van der Waals surface area contributed by atoms with Crippen LogP contribution < -0.4 is 68.2 Å². The summed E-state index contributed by atoms with van der Waals surface area (Å²) in [4.78, 5) is 121. The Hall–Kier alpha value is -9.49. The van der Waals surface area contributed by atoms with Gasteiger partial charge < -0.3 is 128 Å². The molecule has 7 heterocycles. The fraction of sp³-hybridized carbons (Fsp3) is 0.506.